The summed E-state index contributed by atoms with van der Waals surface area (Å²) in [4.78, 5) is 19.1. The van der Waals surface area contributed by atoms with Crippen LogP contribution in [-0.2, 0) is 17.6 Å². The Bertz CT molecular complexity index is 592. The number of likely N-dealkylation sites (tertiary alicyclic amines) is 1. The summed E-state index contributed by atoms with van der Waals surface area (Å²) in [7, 11) is 0. The van der Waals surface area contributed by atoms with Crippen molar-refractivity contribution in [3.8, 4) is 0 Å². The van der Waals surface area contributed by atoms with Gasteiger partial charge in [0.2, 0.25) is 0 Å². The molecule has 132 valence electrons. The Hall–Kier alpha value is -1.58. The maximum absolute atomic E-state index is 12.2. The number of fused-ring (bicyclic) bond motifs is 1. The summed E-state index contributed by atoms with van der Waals surface area (Å²) in [5.41, 5.74) is 3.44. The number of hydrogen-bond donors (Lipinski definition) is 0. The van der Waals surface area contributed by atoms with Gasteiger partial charge in [-0.25, -0.2) is 4.79 Å². The second-order valence-electron chi connectivity index (χ2n) is 8.17. The van der Waals surface area contributed by atoms with Gasteiger partial charge in [-0.1, -0.05) is 18.9 Å². The van der Waals surface area contributed by atoms with Crippen LogP contribution in [0.5, 0.6) is 0 Å². The van der Waals surface area contributed by atoms with E-state index in [1.807, 2.05) is 25.7 Å². The van der Waals surface area contributed by atoms with Crippen molar-refractivity contribution >= 4 is 6.09 Å². The fourth-order valence-corrected chi connectivity index (χ4v) is 3.67. The van der Waals surface area contributed by atoms with E-state index in [9.17, 15) is 4.79 Å². The van der Waals surface area contributed by atoms with E-state index in [1.165, 1.54) is 36.9 Å². The summed E-state index contributed by atoms with van der Waals surface area (Å²) >= 11 is 0. The number of ether oxygens (including phenoxy) is 1. The summed E-state index contributed by atoms with van der Waals surface area (Å²) in [6.45, 7) is 7.22. The molecule has 0 N–H and O–H groups in total. The molecule has 2 heterocycles. The molecular weight excluding hydrogens is 300 g/mol. The van der Waals surface area contributed by atoms with Gasteiger partial charge in [0.05, 0.1) is 0 Å². The first-order valence-electron chi connectivity index (χ1n) is 9.39. The molecule has 0 aromatic carbocycles. The number of pyridine rings is 1. The highest BCUT2D eigenvalue weighted by Crippen LogP contribution is 2.29. The quantitative estimate of drug-likeness (QED) is 0.763. The van der Waals surface area contributed by atoms with Gasteiger partial charge < -0.3 is 9.64 Å². The Morgan fingerprint density at radius 2 is 1.92 bits per heavy atom. The minimum Gasteiger partial charge on any atom is -0.444 e. The Labute approximate surface area is 145 Å². The van der Waals surface area contributed by atoms with E-state index in [0.717, 1.165) is 38.0 Å². The zero-order valence-corrected chi connectivity index (χ0v) is 15.3. The van der Waals surface area contributed by atoms with E-state index >= 15 is 0 Å². The Kier molecular flexibility index (Phi) is 5.12. The van der Waals surface area contributed by atoms with Crippen LogP contribution in [0.3, 0.4) is 0 Å². The molecule has 1 saturated heterocycles. The summed E-state index contributed by atoms with van der Waals surface area (Å²) < 4.78 is 5.49. The van der Waals surface area contributed by atoms with Gasteiger partial charge in [0.15, 0.2) is 0 Å². The van der Waals surface area contributed by atoms with Crippen LogP contribution in [0.25, 0.3) is 0 Å². The molecular formula is C20H30N2O2. The lowest BCUT2D eigenvalue weighted by Crippen LogP contribution is -2.35. The molecule has 0 spiro atoms. The van der Waals surface area contributed by atoms with Crippen molar-refractivity contribution in [3.05, 3.63) is 29.1 Å². The molecule has 24 heavy (non-hydrogen) atoms. The van der Waals surface area contributed by atoms with Crippen molar-refractivity contribution in [3.63, 3.8) is 0 Å². The monoisotopic (exact) mass is 330 g/mol. The molecule has 1 fully saturated rings. The largest absolute Gasteiger partial charge is 0.444 e. The molecule has 1 aromatic heterocycles. The molecule has 0 saturated carbocycles. The molecule has 4 heteroatoms. The van der Waals surface area contributed by atoms with Crippen molar-refractivity contribution in [1.82, 2.24) is 9.88 Å². The van der Waals surface area contributed by atoms with Gasteiger partial charge >= 0.3 is 6.09 Å². The van der Waals surface area contributed by atoms with E-state index in [4.69, 9.17) is 9.72 Å². The summed E-state index contributed by atoms with van der Waals surface area (Å²) in [5, 5.41) is 0. The average molecular weight is 330 g/mol. The minimum atomic E-state index is -0.435. The molecule has 1 amide bonds. The van der Waals surface area contributed by atoms with E-state index in [1.54, 1.807) is 0 Å². The van der Waals surface area contributed by atoms with E-state index in [-0.39, 0.29) is 6.09 Å². The number of aromatic nitrogens is 1. The van der Waals surface area contributed by atoms with Crippen molar-refractivity contribution < 1.29 is 9.53 Å². The van der Waals surface area contributed by atoms with Crippen LogP contribution in [-0.4, -0.2) is 34.7 Å². The number of carbonyl (C=O) groups is 1. The van der Waals surface area contributed by atoms with Crippen LogP contribution in [0.4, 0.5) is 4.79 Å². The molecule has 1 aliphatic heterocycles. The first-order chi connectivity index (χ1) is 11.4. The van der Waals surface area contributed by atoms with Crippen molar-refractivity contribution in [2.45, 2.75) is 77.2 Å². The summed E-state index contributed by atoms with van der Waals surface area (Å²) in [5.74, 6) is 0.341. The van der Waals surface area contributed by atoms with Gasteiger partial charge in [0.1, 0.15) is 5.60 Å². The van der Waals surface area contributed by atoms with Gasteiger partial charge in [0.25, 0.3) is 0 Å². The van der Waals surface area contributed by atoms with Crippen LogP contribution in [0.1, 0.15) is 75.7 Å². The Morgan fingerprint density at radius 3 is 2.67 bits per heavy atom. The fraction of sp³-hybridized carbons (Fsp3) is 0.700. The zero-order valence-electron chi connectivity index (χ0n) is 15.3. The van der Waals surface area contributed by atoms with Gasteiger partial charge in [-0.2, -0.15) is 0 Å². The smallest absolute Gasteiger partial charge is 0.410 e. The SMILES string of the molecule is CC(C)(C)OC(=O)N1CCC(c2ccc3c(n2)CCCCCC3)C1. The topological polar surface area (TPSA) is 42.4 Å². The van der Waals surface area contributed by atoms with Crippen molar-refractivity contribution in [2.75, 3.05) is 13.1 Å². The number of carbonyl (C=O) groups excluding carboxylic acids is 1. The van der Waals surface area contributed by atoms with Crippen LogP contribution < -0.4 is 0 Å². The van der Waals surface area contributed by atoms with Crippen LogP contribution in [0, 0.1) is 0 Å². The molecule has 0 radical (unpaired) electrons. The highest BCUT2D eigenvalue weighted by Gasteiger charge is 2.31. The summed E-state index contributed by atoms with van der Waals surface area (Å²) in [6, 6.07) is 4.46. The van der Waals surface area contributed by atoms with E-state index in [0.29, 0.717) is 5.92 Å². The van der Waals surface area contributed by atoms with E-state index < -0.39 is 5.60 Å². The molecule has 1 aliphatic carbocycles. The lowest BCUT2D eigenvalue weighted by molar-refractivity contribution is 0.0292. The maximum atomic E-state index is 12.2. The first-order valence-corrected chi connectivity index (χ1v) is 9.39. The molecule has 0 bridgehead atoms. The van der Waals surface area contributed by atoms with Crippen molar-refractivity contribution in [1.29, 1.82) is 0 Å². The van der Waals surface area contributed by atoms with Crippen molar-refractivity contribution in [2.24, 2.45) is 0 Å². The predicted octanol–water partition coefficient (Wildman–Crippen LogP) is 4.47. The number of rotatable bonds is 1. The highest BCUT2D eigenvalue weighted by atomic mass is 16.6. The average Bonchev–Trinajstić information content (AvgIpc) is 2.96. The lowest BCUT2D eigenvalue weighted by Gasteiger charge is -2.24. The van der Waals surface area contributed by atoms with Crippen LogP contribution in [0.15, 0.2) is 12.1 Å². The number of aryl methyl sites for hydroxylation is 2. The molecule has 3 rings (SSSR count). The first kappa shape index (κ1) is 17.2. The zero-order chi connectivity index (χ0) is 17.2. The van der Waals surface area contributed by atoms with Gasteiger partial charge in [-0.3, -0.25) is 4.98 Å². The second kappa shape index (κ2) is 7.12. The molecule has 1 aromatic rings. The van der Waals surface area contributed by atoms with Crippen LogP contribution in [0.2, 0.25) is 0 Å². The third kappa shape index (κ3) is 4.28. The number of amides is 1. The number of hydrogen-bond acceptors (Lipinski definition) is 3. The molecule has 1 unspecified atom stereocenters. The third-order valence-electron chi connectivity index (χ3n) is 4.96. The van der Waals surface area contributed by atoms with E-state index in [2.05, 4.69) is 12.1 Å². The predicted molar refractivity (Wildman–Crippen MR) is 95.3 cm³/mol. The minimum absolute atomic E-state index is 0.198. The molecule has 4 nitrogen and oxygen atoms in total. The highest BCUT2D eigenvalue weighted by molar-refractivity contribution is 5.68. The van der Waals surface area contributed by atoms with Gasteiger partial charge in [-0.15, -0.1) is 0 Å². The summed E-state index contributed by atoms with van der Waals surface area (Å²) in [6.07, 6.45) is 8.24. The fourth-order valence-electron chi connectivity index (χ4n) is 3.67. The Balaban J connectivity index is 1.67. The Morgan fingerprint density at radius 1 is 1.17 bits per heavy atom. The van der Waals surface area contributed by atoms with Crippen LogP contribution >= 0.6 is 0 Å². The third-order valence-corrected chi connectivity index (χ3v) is 4.96. The second-order valence-corrected chi connectivity index (χ2v) is 8.17. The lowest BCUT2D eigenvalue weighted by atomic mass is 9.95. The number of nitrogens with zero attached hydrogens (tertiary/aromatic N) is 2. The van der Waals surface area contributed by atoms with Gasteiger partial charge in [0, 0.05) is 30.4 Å². The maximum Gasteiger partial charge on any atom is 0.410 e. The normalized spacial score (nSPS) is 21.8. The molecule has 1 atom stereocenters. The van der Waals surface area contributed by atoms with Gasteiger partial charge in [-0.05, 0) is 64.5 Å². The molecule has 2 aliphatic rings. The standard InChI is InChI=1S/C20H30N2O2/c1-20(2,3)24-19(23)22-13-12-16(14-22)18-11-10-15-8-6-4-5-7-9-17(15)21-18/h10-11,16H,4-9,12-14H2,1-3H3.